The average Bonchev–Trinajstić information content (AvgIpc) is 2.87. The summed E-state index contributed by atoms with van der Waals surface area (Å²) < 4.78 is 6.75. The topological polar surface area (TPSA) is 69.0 Å². The van der Waals surface area contributed by atoms with E-state index < -0.39 is 0 Å². The maximum Gasteiger partial charge on any atom is 0.316 e. The highest BCUT2D eigenvalue weighted by atomic mass is 35.5. The number of esters is 1. The van der Waals surface area contributed by atoms with Gasteiger partial charge in [0, 0.05) is 17.8 Å². The Morgan fingerprint density at radius 3 is 2.91 bits per heavy atom. The lowest BCUT2D eigenvalue weighted by molar-refractivity contribution is -0.139. The van der Waals surface area contributed by atoms with Crippen molar-refractivity contribution in [2.45, 2.75) is 25.5 Å². The largest absolute Gasteiger partial charge is 0.465 e. The Kier molecular flexibility index (Phi) is 6.29. The number of carbonyl (C=O) groups is 1. The monoisotopic (exact) mass is 354 g/mol. The molecule has 1 heterocycles. The van der Waals surface area contributed by atoms with Crippen molar-refractivity contribution in [3.63, 3.8) is 0 Å². The van der Waals surface area contributed by atoms with E-state index in [2.05, 4.69) is 15.5 Å². The number of nitrogens with one attached hydrogen (secondary N) is 1. The molecular formula is C15H19ClN4O2S. The Bertz CT molecular complexity index is 690. The fourth-order valence-electron chi connectivity index (χ4n) is 1.83. The molecule has 0 aliphatic rings. The molecule has 2 rings (SSSR count). The van der Waals surface area contributed by atoms with Gasteiger partial charge in [-0.2, -0.15) is 0 Å². The van der Waals surface area contributed by atoms with Crippen molar-refractivity contribution in [3.8, 4) is 0 Å². The van der Waals surface area contributed by atoms with Gasteiger partial charge >= 0.3 is 5.97 Å². The maximum absolute atomic E-state index is 11.4. The van der Waals surface area contributed by atoms with E-state index in [1.165, 1.54) is 11.8 Å². The molecule has 124 valence electrons. The van der Waals surface area contributed by atoms with E-state index in [0.29, 0.717) is 18.3 Å². The third kappa shape index (κ3) is 4.87. The van der Waals surface area contributed by atoms with Crippen molar-refractivity contribution in [1.29, 1.82) is 0 Å². The van der Waals surface area contributed by atoms with Crippen LogP contribution in [0.2, 0.25) is 5.02 Å². The van der Waals surface area contributed by atoms with Gasteiger partial charge in [-0.1, -0.05) is 29.4 Å². The van der Waals surface area contributed by atoms with E-state index in [4.69, 9.17) is 16.3 Å². The Morgan fingerprint density at radius 2 is 2.22 bits per heavy atom. The summed E-state index contributed by atoms with van der Waals surface area (Å²) in [6.45, 7) is 4.64. The lowest BCUT2D eigenvalue weighted by atomic mass is 10.2. The lowest BCUT2D eigenvalue weighted by Crippen LogP contribution is -2.09. The summed E-state index contributed by atoms with van der Waals surface area (Å²) >= 11 is 7.42. The van der Waals surface area contributed by atoms with E-state index in [1.54, 1.807) is 6.92 Å². The van der Waals surface area contributed by atoms with Crippen molar-refractivity contribution in [1.82, 2.24) is 14.8 Å². The van der Waals surface area contributed by atoms with Gasteiger partial charge in [-0.15, -0.1) is 10.2 Å². The van der Waals surface area contributed by atoms with Crippen molar-refractivity contribution in [3.05, 3.63) is 34.6 Å². The molecule has 0 saturated heterocycles. The Morgan fingerprint density at radius 1 is 1.43 bits per heavy atom. The first-order chi connectivity index (χ1) is 11.0. The molecule has 0 fully saturated rings. The Balaban J connectivity index is 1.93. The number of nitrogens with zero attached hydrogens (tertiary/aromatic N) is 3. The number of thioether (sulfide) groups is 1. The Hall–Kier alpha value is -1.73. The van der Waals surface area contributed by atoms with Gasteiger partial charge in [-0.05, 0) is 31.5 Å². The number of aromatic nitrogens is 3. The first kappa shape index (κ1) is 17.6. The molecule has 0 bridgehead atoms. The van der Waals surface area contributed by atoms with Gasteiger partial charge < -0.3 is 14.6 Å². The highest BCUT2D eigenvalue weighted by Gasteiger charge is 2.11. The second-order valence-corrected chi connectivity index (χ2v) is 6.22. The van der Waals surface area contributed by atoms with E-state index in [1.807, 2.05) is 36.7 Å². The molecule has 0 atom stereocenters. The van der Waals surface area contributed by atoms with Crippen LogP contribution in [0.25, 0.3) is 0 Å². The van der Waals surface area contributed by atoms with Gasteiger partial charge in [0.2, 0.25) is 0 Å². The van der Waals surface area contributed by atoms with Crippen LogP contribution in [-0.2, 0) is 23.1 Å². The zero-order valence-corrected chi connectivity index (χ0v) is 14.9. The average molecular weight is 355 g/mol. The molecule has 0 aliphatic heterocycles. The zero-order chi connectivity index (χ0) is 16.8. The van der Waals surface area contributed by atoms with Gasteiger partial charge in [0.15, 0.2) is 11.0 Å². The minimum absolute atomic E-state index is 0.223. The standard InChI is InChI=1S/C15H19ClN4O2S/c1-4-22-14(21)9-23-15-19-18-13(20(15)3)8-17-11-6-5-10(2)12(16)7-11/h5-7,17H,4,8-9H2,1-3H3. The van der Waals surface area contributed by atoms with Crippen LogP contribution in [-0.4, -0.2) is 33.1 Å². The molecule has 1 aromatic carbocycles. The molecule has 8 heteroatoms. The summed E-state index contributed by atoms with van der Waals surface area (Å²) in [5, 5.41) is 12.9. The van der Waals surface area contributed by atoms with Crippen LogP contribution in [0.5, 0.6) is 0 Å². The van der Waals surface area contributed by atoms with Gasteiger partial charge in [-0.25, -0.2) is 0 Å². The molecule has 2 aromatic rings. The number of hydrogen-bond acceptors (Lipinski definition) is 6. The van der Waals surface area contributed by atoms with Crippen LogP contribution in [0.1, 0.15) is 18.3 Å². The Labute approximate surface area is 144 Å². The number of benzene rings is 1. The molecule has 1 N–H and O–H groups in total. The fourth-order valence-corrected chi connectivity index (χ4v) is 2.74. The van der Waals surface area contributed by atoms with Gasteiger partial charge in [-0.3, -0.25) is 4.79 Å². The summed E-state index contributed by atoms with van der Waals surface area (Å²) in [5.41, 5.74) is 1.96. The minimum Gasteiger partial charge on any atom is -0.465 e. The van der Waals surface area contributed by atoms with Crippen molar-refractivity contribution >= 4 is 35.0 Å². The first-order valence-corrected chi connectivity index (χ1v) is 8.54. The van der Waals surface area contributed by atoms with Crippen LogP contribution in [0.4, 0.5) is 5.69 Å². The maximum atomic E-state index is 11.4. The van der Waals surface area contributed by atoms with Crippen LogP contribution < -0.4 is 5.32 Å². The molecule has 0 unspecified atom stereocenters. The van der Waals surface area contributed by atoms with Gasteiger partial charge in [0.05, 0.1) is 18.9 Å². The summed E-state index contributed by atoms with van der Waals surface area (Å²) in [6, 6.07) is 5.81. The predicted molar refractivity (Wildman–Crippen MR) is 91.9 cm³/mol. The molecular weight excluding hydrogens is 336 g/mol. The zero-order valence-electron chi connectivity index (χ0n) is 13.3. The van der Waals surface area contributed by atoms with Crippen LogP contribution in [0.3, 0.4) is 0 Å². The van der Waals surface area contributed by atoms with E-state index in [0.717, 1.165) is 22.1 Å². The normalized spacial score (nSPS) is 10.6. The molecule has 1 aromatic heterocycles. The van der Waals surface area contributed by atoms with Crippen molar-refractivity contribution in [2.75, 3.05) is 17.7 Å². The quantitative estimate of drug-likeness (QED) is 0.608. The minimum atomic E-state index is -0.255. The molecule has 6 nitrogen and oxygen atoms in total. The first-order valence-electron chi connectivity index (χ1n) is 7.18. The molecule has 0 aliphatic carbocycles. The van der Waals surface area contributed by atoms with E-state index in [9.17, 15) is 4.79 Å². The van der Waals surface area contributed by atoms with Crippen LogP contribution in [0, 0.1) is 6.92 Å². The number of anilines is 1. The predicted octanol–water partition coefficient (Wildman–Crippen LogP) is 3.04. The highest BCUT2D eigenvalue weighted by molar-refractivity contribution is 7.99. The third-order valence-electron chi connectivity index (χ3n) is 3.17. The van der Waals surface area contributed by atoms with Crippen LogP contribution >= 0.6 is 23.4 Å². The molecule has 0 saturated carbocycles. The molecule has 23 heavy (non-hydrogen) atoms. The highest BCUT2D eigenvalue weighted by Crippen LogP contribution is 2.21. The number of carbonyl (C=O) groups excluding carboxylic acids is 1. The SMILES string of the molecule is CCOC(=O)CSc1nnc(CNc2ccc(C)c(Cl)c2)n1C. The third-order valence-corrected chi connectivity index (χ3v) is 4.57. The fraction of sp³-hybridized carbons (Fsp3) is 0.400. The van der Waals surface area contributed by atoms with E-state index in [-0.39, 0.29) is 11.7 Å². The second kappa shape index (κ2) is 8.21. The lowest BCUT2D eigenvalue weighted by Gasteiger charge is -2.08. The van der Waals surface area contributed by atoms with Crippen molar-refractivity contribution < 1.29 is 9.53 Å². The number of rotatable bonds is 7. The summed E-state index contributed by atoms with van der Waals surface area (Å²) in [5.74, 6) is 0.739. The molecule has 0 amide bonds. The number of halogens is 1. The van der Waals surface area contributed by atoms with Crippen LogP contribution in [0.15, 0.2) is 23.4 Å². The second-order valence-electron chi connectivity index (χ2n) is 4.87. The number of hydrogen-bond donors (Lipinski definition) is 1. The smallest absolute Gasteiger partial charge is 0.316 e. The molecule has 0 radical (unpaired) electrons. The van der Waals surface area contributed by atoms with Gasteiger partial charge in [0.1, 0.15) is 0 Å². The summed E-state index contributed by atoms with van der Waals surface area (Å²) in [4.78, 5) is 11.4. The number of aryl methyl sites for hydroxylation is 1. The molecule has 0 spiro atoms. The van der Waals surface area contributed by atoms with Gasteiger partial charge in [0.25, 0.3) is 0 Å². The summed E-state index contributed by atoms with van der Waals surface area (Å²) in [6.07, 6.45) is 0. The summed E-state index contributed by atoms with van der Waals surface area (Å²) in [7, 11) is 1.87. The van der Waals surface area contributed by atoms with E-state index >= 15 is 0 Å². The van der Waals surface area contributed by atoms with Crippen molar-refractivity contribution in [2.24, 2.45) is 7.05 Å². The number of ether oxygens (including phenoxy) is 1.